The monoisotopic (exact) mass is 470 g/mol. The zero-order valence-electron chi connectivity index (χ0n) is 17.9. The lowest BCUT2D eigenvalue weighted by Crippen LogP contribution is -2.48. The van der Waals surface area contributed by atoms with Gasteiger partial charge in [0.05, 0.1) is 10.4 Å². The number of benzene rings is 1. The second-order valence-electron chi connectivity index (χ2n) is 8.16. The molecule has 33 heavy (non-hydrogen) atoms. The van der Waals surface area contributed by atoms with Crippen molar-refractivity contribution in [3.8, 4) is 0 Å². The number of thiophene rings is 1. The van der Waals surface area contributed by atoms with Gasteiger partial charge in [-0.15, -0.1) is 11.3 Å². The predicted molar refractivity (Wildman–Crippen MR) is 122 cm³/mol. The van der Waals surface area contributed by atoms with Gasteiger partial charge in [0.25, 0.3) is 5.91 Å². The Morgan fingerprint density at radius 3 is 2.58 bits per heavy atom. The van der Waals surface area contributed by atoms with Crippen molar-refractivity contribution < 1.29 is 18.0 Å². The zero-order valence-corrected chi connectivity index (χ0v) is 18.7. The Morgan fingerprint density at radius 1 is 1.06 bits per heavy atom. The van der Waals surface area contributed by atoms with Crippen LogP contribution in [0.3, 0.4) is 0 Å². The Morgan fingerprint density at radius 2 is 1.82 bits per heavy atom. The van der Waals surface area contributed by atoms with Gasteiger partial charge in [0.2, 0.25) is 0 Å². The molecule has 0 N–H and O–H groups in total. The van der Waals surface area contributed by atoms with E-state index in [0.29, 0.717) is 28.9 Å². The molecule has 1 amide bonds. The molecule has 3 aromatic heterocycles. The van der Waals surface area contributed by atoms with E-state index in [0.717, 1.165) is 53.5 Å². The molecule has 0 aliphatic carbocycles. The molecule has 0 bridgehead atoms. The molecule has 170 valence electrons. The number of rotatable bonds is 3. The van der Waals surface area contributed by atoms with Crippen molar-refractivity contribution in [2.45, 2.75) is 19.6 Å². The Labute approximate surface area is 192 Å². The van der Waals surface area contributed by atoms with Crippen LogP contribution in [0.2, 0.25) is 0 Å². The highest BCUT2D eigenvalue weighted by molar-refractivity contribution is 7.20. The van der Waals surface area contributed by atoms with Crippen LogP contribution in [-0.4, -0.2) is 51.9 Å². The van der Waals surface area contributed by atoms with E-state index in [9.17, 15) is 18.0 Å². The summed E-state index contributed by atoms with van der Waals surface area (Å²) in [6.45, 7) is 5.08. The van der Waals surface area contributed by atoms with E-state index in [1.165, 1.54) is 6.07 Å². The fourth-order valence-electron chi connectivity index (χ4n) is 4.25. The van der Waals surface area contributed by atoms with Crippen molar-refractivity contribution in [1.29, 1.82) is 0 Å². The summed E-state index contributed by atoms with van der Waals surface area (Å²) in [5.41, 5.74) is 1.89. The minimum Gasteiger partial charge on any atom is -0.335 e. The number of carbonyl (C=O) groups is 1. The molecule has 5 rings (SSSR count). The number of carbonyl (C=O) groups excluding carboxylic acids is 1. The number of piperazine rings is 1. The lowest BCUT2D eigenvalue weighted by molar-refractivity contribution is -0.140. The fraction of sp³-hybridized carbons (Fsp3) is 0.292. The maximum Gasteiger partial charge on any atom is 0.433 e. The van der Waals surface area contributed by atoms with Crippen LogP contribution >= 0.6 is 11.3 Å². The van der Waals surface area contributed by atoms with Gasteiger partial charge in [-0.25, -0.2) is 4.98 Å². The van der Waals surface area contributed by atoms with Gasteiger partial charge < -0.3 is 4.90 Å². The zero-order chi connectivity index (χ0) is 23.2. The van der Waals surface area contributed by atoms with Crippen molar-refractivity contribution in [3.05, 3.63) is 70.4 Å². The molecule has 0 radical (unpaired) electrons. The third-order valence-electron chi connectivity index (χ3n) is 6.06. The Bertz CT molecular complexity index is 1340. The number of alkyl halides is 3. The number of hydrogen-bond donors (Lipinski definition) is 0. The maximum absolute atomic E-state index is 13.2. The normalized spacial score (nSPS) is 15.5. The van der Waals surface area contributed by atoms with Gasteiger partial charge in [0.15, 0.2) is 0 Å². The average Bonchev–Trinajstić information content (AvgIpc) is 3.15. The molecular formula is C24H21F3N4OS. The van der Waals surface area contributed by atoms with E-state index < -0.39 is 11.9 Å². The number of para-hydroxylation sites is 1. The lowest BCUT2D eigenvalue weighted by atomic mass is 10.1. The summed E-state index contributed by atoms with van der Waals surface area (Å²) in [6.07, 6.45) is -2.71. The molecule has 1 saturated heterocycles. The van der Waals surface area contributed by atoms with Crippen LogP contribution in [-0.2, 0) is 12.7 Å². The van der Waals surface area contributed by atoms with Gasteiger partial charge in [-0.05, 0) is 36.2 Å². The summed E-state index contributed by atoms with van der Waals surface area (Å²) < 4.78 is 39.0. The first-order chi connectivity index (χ1) is 15.8. The largest absolute Gasteiger partial charge is 0.433 e. The van der Waals surface area contributed by atoms with Crippen LogP contribution in [0, 0.1) is 6.92 Å². The number of aryl methyl sites for hydroxylation is 1. The van der Waals surface area contributed by atoms with Crippen molar-refractivity contribution in [2.75, 3.05) is 26.2 Å². The van der Waals surface area contributed by atoms with Crippen LogP contribution in [0.1, 0.15) is 26.5 Å². The number of fused-ring (bicyclic) bond motifs is 2. The SMILES string of the molecule is Cc1c(C(=O)N2CCN(Cc3cccc4cccnc34)CC2)sc2nc(C(F)(F)F)ccc12. The number of aromatic nitrogens is 2. The van der Waals surface area contributed by atoms with Crippen molar-refractivity contribution in [2.24, 2.45) is 0 Å². The summed E-state index contributed by atoms with van der Waals surface area (Å²) in [7, 11) is 0. The van der Waals surface area contributed by atoms with Gasteiger partial charge in [-0.2, -0.15) is 13.2 Å². The quantitative estimate of drug-likeness (QED) is 0.417. The molecule has 1 fully saturated rings. The van der Waals surface area contributed by atoms with Gasteiger partial charge in [-0.1, -0.05) is 24.3 Å². The van der Waals surface area contributed by atoms with E-state index in [2.05, 4.69) is 20.9 Å². The highest BCUT2D eigenvalue weighted by Gasteiger charge is 2.33. The number of pyridine rings is 2. The van der Waals surface area contributed by atoms with Crippen molar-refractivity contribution in [3.63, 3.8) is 0 Å². The molecule has 0 unspecified atom stereocenters. The fourth-order valence-corrected chi connectivity index (χ4v) is 5.40. The Hall–Kier alpha value is -3.04. The highest BCUT2D eigenvalue weighted by Crippen LogP contribution is 2.35. The lowest BCUT2D eigenvalue weighted by Gasteiger charge is -2.34. The van der Waals surface area contributed by atoms with E-state index in [1.807, 2.05) is 24.3 Å². The minimum absolute atomic E-state index is 0.143. The molecule has 4 aromatic rings. The van der Waals surface area contributed by atoms with Crippen LogP contribution in [0.15, 0.2) is 48.7 Å². The Kier molecular flexibility index (Phi) is 5.54. The first-order valence-electron chi connectivity index (χ1n) is 10.6. The van der Waals surface area contributed by atoms with Gasteiger partial charge in [0, 0.05) is 49.7 Å². The van der Waals surface area contributed by atoms with E-state index in [-0.39, 0.29) is 10.7 Å². The molecule has 1 aliphatic rings. The maximum atomic E-state index is 13.2. The van der Waals surface area contributed by atoms with Gasteiger partial charge in [-0.3, -0.25) is 14.7 Å². The first kappa shape index (κ1) is 21.8. The molecule has 0 spiro atoms. The number of amides is 1. The number of halogens is 3. The second kappa shape index (κ2) is 8.39. The van der Waals surface area contributed by atoms with Crippen LogP contribution < -0.4 is 0 Å². The van der Waals surface area contributed by atoms with Crippen LogP contribution in [0.25, 0.3) is 21.1 Å². The molecule has 1 aromatic carbocycles. The molecular weight excluding hydrogens is 449 g/mol. The standard InChI is InChI=1S/C24H21F3N4OS/c1-15-18-7-8-19(24(25,26)27)29-22(18)33-21(15)23(32)31-12-10-30(11-13-31)14-17-5-2-4-16-6-3-9-28-20(16)17/h2-9H,10-14H2,1H3. The minimum atomic E-state index is -4.51. The second-order valence-corrected chi connectivity index (χ2v) is 9.16. The third kappa shape index (κ3) is 4.18. The molecule has 0 saturated carbocycles. The van der Waals surface area contributed by atoms with Crippen LogP contribution in [0.5, 0.6) is 0 Å². The third-order valence-corrected chi connectivity index (χ3v) is 7.25. The summed E-state index contributed by atoms with van der Waals surface area (Å²) in [4.78, 5) is 26.2. The molecule has 4 heterocycles. The summed E-state index contributed by atoms with van der Waals surface area (Å²) >= 11 is 1.04. The highest BCUT2D eigenvalue weighted by atomic mass is 32.1. The Balaban J connectivity index is 1.29. The topological polar surface area (TPSA) is 49.3 Å². The molecule has 5 nitrogen and oxygen atoms in total. The van der Waals surface area contributed by atoms with Crippen LogP contribution in [0.4, 0.5) is 13.2 Å². The summed E-state index contributed by atoms with van der Waals surface area (Å²) in [5, 5.41) is 1.70. The van der Waals surface area contributed by atoms with Crippen molar-refractivity contribution >= 4 is 38.4 Å². The van der Waals surface area contributed by atoms with E-state index >= 15 is 0 Å². The number of hydrogen-bond acceptors (Lipinski definition) is 5. The molecule has 9 heteroatoms. The smallest absolute Gasteiger partial charge is 0.335 e. The van der Waals surface area contributed by atoms with Gasteiger partial charge >= 0.3 is 6.18 Å². The summed E-state index contributed by atoms with van der Waals surface area (Å²) in [6, 6.07) is 12.5. The predicted octanol–water partition coefficient (Wildman–Crippen LogP) is 5.13. The first-order valence-corrected chi connectivity index (χ1v) is 11.4. The summed E-state index contributed by atoms with van der Waals surface area (Å²) in [5.74, 6) is -0.143. The van der Waals surface area contributed by atoms with E-state index in [4.69, 9.17) is 0 Å². The molecule has 0 atom stereocenters. The number of nitrogens with zero attached hydrogens (tertiary/aromatic N) is 4. The van der Waals surface area contributed by atoms with E-state index in [1.54, 1.807) is 18.0 Å². The van der Waals surface area contributed by atoms with Crippen molar-refractivity contribution in [1.82, 2.24) is 19.8 Å². The van der Waals surface area contributed by atoms with Gasteiger partial charge in [0.1, 0.15) is 10.5 Å². The molecule has 1 aliphatic heterocycles. The average molecular weight is 471 g/mol.